The molecule has 1 aliphatic carbocycles. The van der Waals surface area contributed by atoms with Gasteiger partial charge in [-0.1, -0.05) is 0 Å². The molecule has 0 saturated heterocycles. The highest BCUT2D eigenvalue weighted by atomic mass is 16.4. The predicted molar refractivity (Wildman–Crippen MR) is 70.3 cm³/mol. The molecule has 1 aromatic carbocycles. The van der Waals surface area contributed by atoms with Crippen LogP contribution in [0.4, 0.5) is 0 Å². The number of fused-ring (bicyclic) bond motifs is 1. The van der Waals surface area contributed by atoms with Crippen molar-refractivity contribution >= 4 is 0 Å². The fourth-order valence-corrected chi connectivity index (χ4v) is 2.80. The van der Waals surface area contributed by atoms with Crippen LogP contribution in [0.5, 0.6) is 11.5 Å². The normalized spacial score (nSPS) is 25.0. The number of aliphatic hydroxyl groups is 4. The minimum absolute atomic E-state index is 0.0531. The predicted octanol–water partition coefficient (Wildman–Crippen LogP) is -0.202. The van der Waals surface area contributed by atoms with Crippen molar-refractivity contribution in [2.45, 2.75) is 37.6 Å². The third kappa shape index (κ3) is 2.88. The van der Waals surface area contributed by atoms with Crippen LogP contribution >= 0.6 is 0 Å². The van der Waals surface area contributed by atoms with Crippen LogP contribution in [0, 0.1) is 5.92 Å². The number of aryl methyl sites for hydroxylation is 1. The average Bonchev–Trinajstić information content (AvgIpc) is 2.40. The van der Waals surface area contributed by atoms with Gasteiger partial charge in [0.05, 0.1) is 18.8 Å². The molecule has 0 amide bonds. The first-order valence-electron chi connectivity index (χ1n) is 6.63. The lowest BCUT2D eigenvalue weighted by atomic mass is 9.78. The zero-order chi connectivity index (χ0) is 14.9. The van der Waals surface area contributed by atoms with E-state index in [0.717, 1.165) is 0 Å². The largest absolute Gasteiger partial charge is 0.508 e. The summed E-state index contributed by atoms with van der Waals surface area (Å²) in [6.45, 7) is -0.542. The van der Waals surface area contributed by atoms with Gasteiger partial charge in [0.15, 0.2) is 0 Å². The van der Waals surface area contributed by atoms with Crippen molar-refractivity contribution in [2.75, 3.05) is 6.61 Å². The van der Waals surface area contributed by atoms with Crippen molar-refractivity contribution < 1.29 is 30.6 Å². The lowest BCUT2D eigenvalue weighted by Crippen LogP contribution is -2.34. The lowest BCUT2D eigenvalue weighted by molar-refractivity contribution is -0.0395. The number of phenolic OH excluding ortho intramolecular Hbond substituents is 2. The van der Waals surface area contributed by atoms with Crippen molar-refractivity contribution in [3.63, 3.8) is 0 Å². The molecule has 1 aliphatic rings. The number of hydrogen-bond acceptors (Lipinski definition) is 6. The maximum Gasteiger partial charge on any atom is 0.125 e. The maximum absolute atomic E-state index is 10.3. The molecule has 112 valence electrons. The Morgan fingerprint density at radius 1 is 1.15 bits per heavy atom. The van der Waals surface area contributed by atoms with Crippen LogP contribution in [-0.2, 0) is 6.42 Å². The second-order valence-electron chi connectivity index (χ2n) is 5.33. The SMILES string of the molecule is OCC(O)C(O)CC1CCc2cc(O)cc(O)c2C1O. The smallest absolute Gasteiger partial charge is 0.125 e. The number of phenols is 2. The van der Waals surface area contributed by atoms with Crippen molar-refractivity contribution in [1.82, 2.24) is 0 Å². The van der Waals surface area contributed by atoms with Crippen LogP contribution in [0.2, 0.25) is 0 Å². The Morgan fingerprint density at radius 3 is 2.50 bits per heavy atom. The van der Waals surface area contributed by atoms with Gasteiger partial charge in [0, 0.05) is 11.6 Å². The number of rotatable bonds is 4. The van der Waals surface area contributed by atoms with E-state index in [2.05, 4.69) is 0 Å². The van der Waals surface area contributed by atoms with Crippen LogP contribution in [0.1, 0.15) is 30.1 Å². The summed E-state index contributed by atoms with van der Waals surface area (Å²) in [5, 5.41) is 57.5. The molecular formula is C14H20O6. The van der Waals surface area contributed by atoms with E-state index >= 15 is 0 Å². The summed E-state index contributed by atoms with van der Waals surface area (Å²) in [5.74, 6) is -0.550. The first-order chi connectivity index (χ1) is 9.43. The molecule has 6 N–H and O–H groups in total. The second kappa shape index (κ2) is 5.97. The van der Waals surface area contributed by atoms with Gasteiger partial charge in [-0.05, 0) is 36.8 Å². The minimum Gasteiger partial charge on any atom is -0.508 e. The quantitative estimate of drug-likeness (QED) is 0.455. The van der Waals surface area contributed by atoms with E-state index < -0.39 is 24.9 Å². The van der Waals surface area contributed by atoms with E-state index in [1.54, 1.807) is 0 Å². The molecule has 0 fully saturated rings. The Kier molecular flexibility index (Phi) is 4.49. The molecule has 4 atom stereocenters. The molecule has 6 heteroatoms. The van der Waals surface area contributed by atoms with Gasteiger partial charge >= 0.3 is 0 Å². The molecule has 0 aromatic heterocycles. The highest BCUT2D eigenvalue weighted by molar-refractivity contribution is 5.48. The molecule has 0 aliphatic heterocycles. The average molecular weight is 284 g/mol. The molecule has 6 nitrogen and oxygen atoms in total. The summed E-state index contributed by atoms with van der Waals surface area (Å²) < 4.78 is 0. The Balaban J connectivity index is 2.17. The van der Waals surface area contributed by atoms with Crippen LogP contribution in [-0.4, -0.2) is 49.5 Å². The number of aliphatic hydroxyl groups excluding tert-OH is 4. The first-order valence-corrected chi connectivity index (χ1v) is 6.63. The van der Waals surface area contributed by atoms with Crippen molar-refractivity contribution in [3.8, 4) is 11.5 Å². The first kappa shape index (κ1) is 15.1. The van der Waals surface area contributed by atoms with Gasteiger partial charge in [0.1, 0.15) is 17.6 Å². The second-order valence-corrected chi connectivity index (χ2v) is 5.33. The highest BCUT2D eigenvalue weighted by Gasteiger charge is 2.33. The molecule has 0 heterocycles. The van der Waals surface area contributed by atoms with E-state index in [-0.39, 0.29) is 23.8 Å². The maximum atomic E-state index is 10.3. The van der Waals surface area contributed by atoms with Gasteiger partial charge in [-0.25, -0.2) is 0 Å². The number of benzene rings is 1. The molecule has 0 saturated carbocycles. The number of aromatic hydroxyl groups is 2. The minimum atomic E-state index is -1.24. The van der Waals surface area contributed by atoms with Gasteiger partial charge in [-0.3, -0.25) is 0 Å². The van der Waals surface area contributed by atoms with Crippen LogP contribution in [0.25, 0.3) is 0 Å². The Labute approximate surface area is 116 Å². The molecule has 20 heavy (non-hydrogen) atoms. The lowest BCUT2D eigenvalue weighted by Gasteiger charge is -2.32. The molecule has 0 spiro atoms. The summed E-state index contributed by atoms with van der Waals surface area (Å²) in [6.07, 6.45) is -2.09. The Bertz CT molecular complexity index is 475. The van der Waals surface area contributed by atoms with Crippen molar-refractivity contribution in [1.29, 1.82) is 0 Å². The summed E-state index contributed by atoms with van der Waals surface area (Å²) in [5.41, 5.74) is 1.05. The van der Waals surface area contributed by atoms with E-state index in [9.17, 15) is 25.5 Å². The van der Waals surface area contributed by atoms with Gasteiger partial charge < -0.3 is 30.6 Å². The third-order valence-electron chi connectivity index (χ3n) is 3.93. The third-order valence-corrected chi connectivity index (χ3v) is 3.93. The fraction of sp³-hybridized carbons (Fsp3) is 0.571. The van der Waals surface area contributed by atoms with E-state index in [1.165, 1.54) is 12.1 Å². The van der Waals surface area contributed by atoms with Gasteiger partial charge in [0.2, 0.25) is 0 Å². The summed E-state index contributed by atoms with van der Waals surface area (Å²) in [7, 11) is 0. The molecule has 1 aromatic rings. The Morgan fingerprint density at radius 2 is 1.85 bits per heavy atom. The van der Waals surface area contributed by atoms with Gasteiger partial charge in [-0.2, -0.15) is 0 Å². The summed E-state index contributed by atoms with van der Waals surface area (Å²) in [4.78, 5) is 0. The monoisotopic (exact) mass is 284 g/mol. The van der Waals surface area contributed by atoms with Crippen LogP contribution < -0.4 is 0 Å². The van der Waals surface area contributed by atoms with Crippen molar-refractivity contribution in [3.05, 3.63) is 23.3 Å². The zero-order valence-corrected chi connectivity index (χ0v) is 11.0. The van der Waals surface area contributed by atoms with E-state index in [1.807, 2.05) is 0 Å². The van der Waals surface area contributed by atoms with Crippen LogP contribution in [0.15, 0.2) is 12.1 Å². The van der Waals surface area contributed by atoms with E-state index in [4.69, 9.17) is 5.11 Å². The van der Waals surface area contributed by atoms with Gasteiger partial charge in [0.25, 0.3) is 0 Å². The molecule has 4 unspecified atom stereocenters. The fourth-order valence-electron chi connectivity index (χ4n) is 2.80. The topological polar surface area (TPSA) is 121 Å². The van der Waals surface area contributed by atoms with E-state index in [0.29, 0.717) is 24.0 Å². The standard InChI is InChI=1S/C14H20O6/c15-6-12(19)10(17)4-8-2-1-7-3-9(16)5-11(18)13(7)14(8)20/h3,5,8,10,12,14-20H,1-2,4,6H2. The Hall–Kier alpha value is -1.34. The molecular weight excluding hydrogens is 264 g/mol. The molecule has 0 radical (unpaired) electrons. The molecule has 2 rings (SSSR count). The molecule has 0 bridgehead atoms. The number of hydrogen-bond donors (Lipinski definition) is 6. The van der Waals surface area contributed by atoms with Crippen LogP contribution in [0.3, 0.4) is 0 Å². The van der Waals surface area contributed by atoms with Crippen molar-refractivity contribution in [2.24, 2.45) is 5.92 Å². The van der Waals surface area contributed by atoms with Gasteiger partial charge in [-0.15, -0.1) is 0 Å². The summed E-state index contributed by atoms with van der Waals surface area (Å²) in [6, 6.07) is 2.68. The highest BCUT2D eigenvalue weighted by Crippen LogP contribution is 2.43. The zero-order valence-electron chi connectivity index (χ0n) is 11.0. The summed E-state index contributed by atoms with van der Waals surface area (Å²) >= 11 is 0.